The minimum atomic E-state index is -1.26. The number of nitrogens with zero attached hydrogens (tertiary/aromatic N) is 1. The fraction of sp³-hybridized carbons (Fsp3) is 0.500. The summed E-state index contributed by atoms with van der Waals surface area (Å²) in [6, 6.07) is -0.814. The van der Waals surface area contributed by atoms with E-state index in [1.54, 1.807) is 18.2 Å². The van der Waals surface area contributed by atoms with Crippen LogP contribution in [0.5, 0.6) is 0 Å². The Morgan fingerprint density at radius 3 is 2.80 bits per heavy atom. The van der Waals surface area contributed by atoms with Crippen LogP contribution in [0.2, 0.25) is 0 Å². The molecule has 0 saturated carbocycles. The second-order valence-corrected chi connectivity index (χ2v) is 7.84. The Morgan fingerprint density at radius 1 is 1.47 bits per heavy atom. The standard InChI is InChI=1S/C20H25N3O7/c1-11(17(26)21-13-3-4-14(24)22-18(13)27)9-16(25)30-15-10-23(15)20(2)7-5-12(6-8-20)19(28)29/h5-7,13,15-16,25H,1,3-4,8-10H2,2H3,(H,21,26)(H,28,29)(H,22,24,27). The number of hydrogen-bond donors (Lipinski definition) is 4. The van der Waals surface area contributed by atoms with Gasteiger partial charge in [0.25, 0.3) is 0 Å². The van der Waals surface area contributed by atoms with Gasteiger partial charge in [0.15, 0.2) is 6.29 Å². The average molecular weight is 419 g/mol. The van der Waals surface area contributed by atoms with Gasteiger partial charge < -0.3 is 20.3 Å². The van der Waals surface area contributed by atoms with E-state index >= 15 is 0 Å². The van der Waals surface area contributed by atoms with Crippen molar-refractivity contribution in [3.63, 3.8) is 0 Å². The summed E-state index contributed by atoms with van der Waals surface area (Å²) in [5, 5.41) is 23.8. The van der Waals surface area contributed by atoms with Crippen molar-refractivity contribution in [3.05, 3.63) is 36.0 Å². The number of carboxylic acids is 1. The number of carboxylic acid groups (broad SMARTS) is 1. The van der Waals surface area contributed by atoms with Gasteiger partial charge in [0.05, 0.1) is 5.57 Å². The zero-order chi connectivity index (χ0) is 22.1. The lowest BCUT2D eigenvalue weighted by atomic mass is 9.90. The van der Waals surface area contributed by atoms with Crippen LogP contribution in [-0.2, 0) is 23.9 Å². The zero-order valence-electron chi connectivity index (χ0n) is 16.6. The largest absolute Gasteiger partial charge is 0.478 e. The highest BCUT2D eigenvalue weighted by Gasteiger charge is 2.48. The van der Waals surface area contributed by atoms with Crippen molar-refractivity contribution in [2.75, 3.05) is 6.54 Å². The summed E-state index contributed by atoms with van der Waals surface area (Å²) in [5.74, 6) is -2.50. The van der Waals surface area contributed by atoms with Gasteiger partial charge in [0.2, 0.25) is 17.7 Å². The van der Waals surface area contributed by atoms with E-state index < -0.39 is 35.7 Å². The molecule has 3 amide bonds. The van der Waals surface area contributed by atoms with Gasteiger partial charge in [-0.15, -0.1) is 0 Å². The van der Waals surface area contributed by atoms with Crippen molar-refractivity contribution in [2.45, 2.75) is 56.7 Å². The van der Waals surface area contributed by atoms with Crippen molar-refractivity contribution in [1.29, 1.82) is 0 Å². The van der Waals surface area contributed by atoms with Crippen LogP contribution >= 0.6 is 0 Å². The first-order chi connectivity index (χ1) is 14.1. The molecular formula is C20H25N3O7. The molecule has 162 valence electrons. The van der Waals surface area contributed by atoms with Gasteiger partial charge in [-0.1, -0.05) is 24.8 Å². The molecule has 3 rings (SSSR count). The number of aliphatic hydroxyl groups excluding tert-OH is 1. The third-order valence-electron chi connectivity index (χ3n) is 5.43. The van der Waals surface area contributed by atoms with Gasteiger partial charge in [-0.3, -0.25) is 24.6 Å². The number of piperidine rings is 1. The maximum atomic E-state index is 12.2. The molecule has 0 radical (unpaired) electrons. The molecule has 5 unspecified atom stereocenters. The quantitative estimate of drug-likeness (QED) is 0.179. The molecule has 10 nitrogen and oxygen atoms in total. The topological polar surface area (TPSA) is 145 Å². The first-order valence-corrected chi connectivity index (χ1v) is 9.64. The minimum Gasteiger partial charge on any atom is -0.478 e. The molecule has 0 aromatic heterocycles. The second kappa shape index (κ2) is 8.50. The summed E-state index contributed by atoms with van der Waals surface area (Å²) in [6.07, 6.45) is 4.10. The van der Waals surface area contributed by atoms with E-state index in [-0.39, 0.29) is 42.5 Å². The van der Waals surface area contributed by atoms with Gasteiger partial charge in [-0.2, -0.15) is 0 Å². The number of carbonyl (C=O) groups excluding carboxylic acids is 3. The van der Waals surface area contributed by atoms with Gasteiger partial charge in [-0.25, -0.2) is 4.79 Å². The lowest BCUT2D eigenvalue weighted by Gasteiger charge is -2.30. The van der Waals surface area contributed by atoms with Crippen molar-refractivity contribution in [1.82, 2.24) is 15.5 Å². The molecule has 2 saturated heterocycles. The summed E-state index contributed by atoms with van der Waals surface area (Å²) in [4.78, 5) is 48.0. The smallest absolute Gasteiger partial charge is 0.335 e. The number of nitrogens with one attached hydrogen (secondary N) is 2. The van der Waals surface area contributed by atoms with Crippen LogP contribution < -0.4 is 10.6 Å². The summed E-state index contributed by atoms with van der Waals surface area (Å²) in [7, 11) is 0. The lowest BCUT2D eigenvalue weighted by Crippen LogP contribution is -2.52. The first-order valence-electron chi connectivity index (χ1n) is 9.64. The Morgan fingerprint density at radius 2 is 2.20 bits per heavy atom. The van der Waals surface area contributed by atoms with Crippen molar-refractivity contribution in [2.24, 2.45) is 0 Å². The van der Waals surface area contributed by atoms with Crippen LogP contribution in [0.3, 0.4) is 0 Å². The summed E-state index contributed by atoms with van der Waals surface area (Å²) >= 11 is 0. The van der Waals surface area contributed by atoms with E-state index in [4.69, 9.17) is 9.84 Å². The Kier molecular flexibility index (Phi) is 6.20. The summed E-state index contributed by atoms with van der Waals surface area (Å²) < 4.78 is 5.56. The van der Waals surface area contributed by atoms with Crippen molar-refractivity contribution in [3.8, 4) is 0 Å². The van der Waals surface area contributed by atoms with E-state index in [1.807, 2.05) is 11.8 Å². The molecule has 0 spiro atoms. The molecule has 0 aromatic rings. The fourth-order valence-electron chi connectivity index (χ4n) is 3.49. The zero-order valence-corrected chi connectivity index (χ0v) is 16.6. The molecule has 0 aromatic carbocycles. The van der Waals surface area contributed by atoms with Crippen LogP contribution in [0, 0.1) is 0 Å². The molecule has 2 aliphatic heterocycles. The summed E-state index contributed by atoms with van der Waals surface area (Å²) in [6.45, 7) is 6.14. The van der Waals surface area contributed by atoms with Crippen molar-refractivity contribution >= 4 is 23.7 Å². The molecule has 3 aliphatic rings. The van der Waals surface area contributed by atoms with Crippen molar-refractivity contribution < 1.29 is 34.1 Å². The lowest BCUT2D eigenvalue weighted by molar-refractivity contribution is -0.137. The monoisotopic (exact) mass is 419 g/mol. The normalized spacial score (nSPS) is 31.4. The van der Waals surface area contributed by atoms with Gasteiger partial charge in [0, 0.05) is 30.5 Å². The molecular weight excluding hydrogens is 394 g/mol. The third kappa shape index (κ3) is 5.02. The molecule has 30 heavy (non-hydrogen) atoms. The Hall–Kier alpha value is -2.82. The second-order valence-electron chi connectivity index (χ2n) is 7.84. The Bertz CT molecular complexity index is 849. The number of rotatable bonds is 8. The molecule has 4 N–H and O–H groups in total. The SMILES string of the molecule is C=C(CC(O)OC1CN1C1(C)C=CC(C(=O)O)=CC1)C(=O)NC1CCC(=O)NC1=O. The highest BCUT2D eigenvalue weighted by atomic mass is 16.6. The van der Waals surface area contributed by atoms with Gasteiger partial charge in [0.1, 0.15) is 12.3 Å². The van der Waals surface area contributed by atoms with E-state index in [0.29, 0.717) is 13.0 Å². The highest BCUT2D eigenvalue weighted by Crippen LogP contribution is 2.37. The van der Waals surface area contributed by atoms with Crippen LogP contribution in [0.15, 0.2) is 36.0 Å². The maximum Gasteiger partial charge on any atom is 0.335 e. The highest BCUT2D eigenvalue weighted by molar-refractivity contribution is 6.03. The molecule has 10 heteroatoms. The fourth-order valence-corrected chi connectivity index (χ4v) is 3.49. The van der Waals surface area contributed by atoms with E-state index in [1.165, 1.54) is 0 Å². The van der Waals surface area contributed by atoms with Crippen LogP contribution in [0.4, 0.5) is 0 Å². The number of hydrogen-bond acceptors (Lipinski definition) is 7. The Balaban J connectivity index is 1.43. The van der Waals surface area contributed by atoms with Crippen LogP contribution in [0.25, 0.3) is 0 Å². The predicted octanol–water partition coefficient (Wildman–Crippen LogP) is -0.440. The molecule has 1 aliphatic carbocycles. The van der Waals surface area contributed by atoms with E-state index in [2.05, 4.69) is 17.2 Å². The summed E-state index contributed by atoms with van der Waals surface area (Å²) in [5.41, 5.74) is -0.119. The minimum absolute atomic E-state index is 0.0530. The number of ether oxygens (including phenoxy) is 1. The number of aliphatic hydroxyl groups is 1. The van der Waals surface area contributed by atoms with Crippen LogP contribution in [-0.4, -0.2) is 69.4 Å². The third-order valence-corrected chi connectivity index (χ3v) is 5.43. The number of imide groups is 1. The van der Waals surface area contributed by atoms with E-state index in [9.17, 15) is 24.3 Å². The average Bonchev–Trinajstić information content (AvgIpc) is 3.44. The van der Waals surface area contributed by atoms with E-state index in [0.717, 1.165) is 0 Å². The number of carbonyl (C=O) groups is 4. The maximum absolute atomic E-state index is 12.2. The molecule has 2 fully saturated rings. The predicted molar refractivity (Wildman–Crippen MR) is 104 cm³/mol. The molecule has 5 atom stereocenters. The number of amides is 3. The van der Waals surface area contributed by atoms with Gasteiger partial charge in [-0.05, 0) is 19.8 Å². The molecule has 2 heterocycles. The van der Waals surface area contributed by atoms with Gasteiger partial charge >= 0.3 is 5.97 Å². The molecule has 0 bridgehead atoms. The number of aliphatic carboxylic acids is 1. The van der Waals surface area contributed by atoms with Crippen LogP contribution in [0.1, 0.15) is 32.6 Å². The Labute approximate surface area is 173 Å². The first kappa shape index (κ1) is 21.9.